The van der Waals surface area contributed by atoms with Crippen LogP contribution in [0.3, 0.4) is 0 Å². The Morgan fingerprint density at radius 1 is 1.25 bits per heavy atom. The van der Waals surface area contributed by atoms with E-state index < -0.39 is 12.0 Å². The number of benzene rings is 1. The lowest BCUT2D eigenvalue weighted by molar-refractivity contribution is -0.140. The third kappa shape index (κ3) is 3.57. The quantitative estimate of drug-likeness (QED) is 0.872. The molecule has 0 radical (unpaired) electrons. The molecule has 1 aliphatic rings. The summed E-state index contributed by atoms with van der Waals surface area (Å²) in [6, 6.07) is 8.62. The fraction of sp³-hybridized carbons (Fsp3) is 0.467. The highest BCUT2D eigenvalue weighted by Gasteiger charge is 2.26. The number of nitrogens with zero attached hydrogens (tertiary/aromatic N) is 1. The second-order valence-electron chi connectivity index (χ2n) is 5.13. The maximum absolute atomic E-state index is 11.4. The van der Waals surface area contributed by atoms with Gasteiger partial charge in [0.1, 0.15) is 6.04 Å². The van der Waals surface area contributed by atoms with Gasteiger partial charge in [-0.25, -0.2) is 0 Å². The van der Waals surface area contributed by atoms with Crippen LogP contribution >= 0.6 is 0 Å². The van der Waals surface area contributed by atoms with Crippen LogP contribution in [-0.2, 0) is 9.59 Å². The summed E-state index contributed by atoms with van der Waals surface area (Å²) >= 11 is 0. The average molecular weight is 276 g/mol. The van der Waals surface area contributed by atoms with Crippen LogP contribution in [0, 0.1) is 0 Å². The van der Waals surface area contributed by atoms with E-state index in [-0.39, 0.29) is 11.9 Å². The van der Waals surface area contributed by atoms with Crippen LogP contribution < -0.4 is 5.32 Å². The topological polar surface area (TPSA) is 69.6 Å². The molecule has 2 rings (SSSR count). The van der Waals surface area contributed by atoms with Gasteiger partial charge in [0.15, 0.2) is 0 Å². The summed E-state index contributed by atoms with van der Waals surface area (Å²) in [5.74, 6) is -0.786. The molecule has 1 unspecified atom stereocenters. The minimum Gasteiger partial charge on any atom is -0.480 e. The van der Waals surface area contributed by atoms with Crippen LogP contribution in [0.25, 0.3) is 0 Å². The Balaban J connectivity index is 1.97. The number of hydrogen-bond donors (Lipinski definition) is 2. The number of rotatable bonds is 4. The standard InChI is InChI=1S/C15H20N2O3/c1-11(18)17-9-7-13(8-10-17)16-14(15(19)20)12-5-3-2-4-6-12/h2-6,13-14,16H,7-10H2,1H3,(H,19,20). The first-order chi connectivity index (χ1) is 9.58. The highest BCUT2D eigenvalue weighted by molar-refractivity contribution is 5.75. The molecule has 2 N–H and O–H groups in total. The van der Waals surface area contributed by atoms with Crippen LogP contribution in [0.1, 0.15) is 31.4 Å². The van der Waals surface area contributed by atoms with Crippen molar-refractivity contribution in [2.24, 2.45) is 0 Å². The van der Waals surface area contributed by atoms with Crippen molar-refractivity contribution in [2.75, 3.05) is 13.1 Å². The highest BCUT2D eigenvalue weighted by Crippen LogP contribution is 2.18. The van der Waals surface area contributed by atoms with Crippen molar-refractivity contribution >= 4 is 11.9 Å². The van der Waals surface area contributed by atoms with Gasteiger partial charge in [0.2, 0.25) is 5.91 Å². The second-order valence-corrected chi connectivity index (χ2v) is 5.13. The fourth-order valence-corrected chi connectivity index (χ4v) is 2.55. The van der Waals surface area contributed by atoms with E-state index in [1.165, 1.54) is 0 Å². The van der Waals surface area contributed by atoms with E-state index >= 15 is 0 Å². The minimum atomic E-state index is -0.870. The van der Waals surface area contributed by atoms with Gasteiger partial charge in [0, 0.05) is 26.1 Å². The molecule has 5 nitrogen and oxygen atoms in total. The fourth-order valence-electron chi connectivity index (χ4n) is 2.55. The van der Waals surface area contributed by atoms with Gasteiger partial charge in [-0.1, -0.05) is 30.3 Å². The van der Waals surface area contributed by atoms with E-state index in [2.05, 4.69) is 5.32 Å². The third-order valence-corrected chi connectivity index (χ3v) is 3.72. The smallest absolute Gasteiger partial charge is 0.325 e. The number of carboxylic acid groups (broad SMARTS) is 1. The Labute approximate surface area is 118 Å². The van der Waals surface area contributed by atoms with Gasteiger partial charge in [0.05, 0.1) is 0 Å². The van der Waals surface area contributed by atoms with Crippen LogP contribution in [-0.4, -0.2) is 41.0 Å². The molecule has 108 valence electrons. The van der Waals surface area contributed by atoms with Crippen LogP contribution in [0.5, 0.6) is 0 Å². The monoisotopic (exact) mass is 276 g/mol. The molecule has 1 fully saturated rings. The number of carbonyl (C=O) groups is 2. The van der Waals surface area contributed by atoms with Crippen molar-refractivity contribution in [3.05, 3.63) is 35.9 Å². The number of aliphatic carboxylic acids is 1. The van der Waals surface area contributed by atoms with Gasteiger partial charge >= 0.3 is 5.97 Å². The zero-order valence-electron chi connectivity index (χ0n) is 11.6. The van der Waals surface area contributed by atoms with Gasteiger partial charge in [-0.05, 0) is 18.4 Å². The zero-order chi connectivity index (χ0) is 14.5. The summed E-state index contributed by atoms with van der Waals surface area (Å²) in [6.07, 6.45) is 1.58. The summed E-state index contributed by atoms with van der Waals surface area (Å²) < 4.78 is 0. The summed E-state index contributed by atoms with van der Waals surface area (Å²) in [6.45, 7) is 2.94. The molecule has 1 aliphatic heterocycles. The Hall–Kier alpha value is -1.88. The number of piperidine rings is 1. The van der Waals surface area contributed by atoms with Gasteiger partial charge < -0.3 is 10.0 Å². The van der Waals surface area contributed by atoms with E-state index in [0.29, 0.717) is 13.1 Å². The normalized spacial score (nSPS) is 17.8. The predicted octanol–water partition coefficient (Wildman–Crippen LogP) is 1.41. The van der Waals surface area contributed by atoms with Crippen molar-refractivity contribution in [3.8, 4) is 0 Å². The molecular weight excluding hydrogens is 256 g/mol. The Bertz CT molecular complexity index is 467. The molecule has 1 aromatic carbocycles. The number of nitrogens with one attached hydrogen (secondary N) is 1. The zero-order valence-corrected chi connectivity index (χ0v) is 11.6. The number of likely N-dealkylation sites (tertiary alicyclic amines) is 1. The van der Waals surface area contributed by atoms with Gasteiger partial charge in [-0.2, -0.15) is 0 Å². The SMILES string of the molecule is CC(=O)N1CCC(NC(C(=O)O)c2ccccc2)CC1. The van der Waals surface area contributed by atoms with Crippen molar-refractivity contribution in [2.45, 2.75) is 31.8 Å². The molecule has 0 saturated carbocycles. The molecule has 1 aromatic rings. The summed E-state index contributed by atoms with van der Waals surface area (Å²) in [5.41, 5.74) is 0.758. The van der Waals surface area contributed by atoms with Crippen molar-refractivity contribution in [3.63, 3.8) is 0 Å². The first-order valence-electron chi connectivity index (χ1n) is 6.87. The van der Waals surface area contributed by atoms with Crippen molar-refractivity contribution < 1.29 is 14.7 Å². The maximum atomic E-state index is 11.4. The Kier molecular flexibility index (Phi) is 4.74. The number of hydrogen-bond acceptors (Lipinski definition) is 3. The molecule has 0 spiro atoms. The van der Waals surface area contributed by atoms with Crippen LogP contribution in [0.4, 0.5) is 0 Å². The molecular formula is C15H20N2O3. The molecule has 0 aliphatic carbocycles. The van der Waals surface area contributed by atoms with E-state index in [9.17, 15) is 14.7 Å². The first kappa shape index (κ1) is 14.5. The molecule has 20 heavy (non-hydrogen) atoms. The molecule has 1 amide bonds. The first-order valence-corrected chi connectivity index (χ1v) is 6.87. The Morgan fingerprint density at radius 3 is 2.35 bits per heavy atom. The highest BCUT2D eigenvalue weighted by atomic mass is 16.4. The second kappa shape index (κ2) is 6.52. The van der Waals surface area contributed by atoms with E-state index in [1.807, 2.05) is 30.3 Å². The van der Waals surface area contributed by atoms with Crippen LogP contribution in [0.15, 0.2) is 30.3 Å². The van der Waals surface area contributed by atoms with Gasteiger partial charge in [0.25, 0.3) is 0 Å². The summed E-state index contributed by atoms with van der Waals surface area (Å²) in [7, 11) is 0. The largest absolute Gasteiger partial charge is 0.480 e. The molecule has 0 bridgehead atoms. The minimum absolute atomic E-state index is 0.0845. The average Bonchev–Trinajstić information content (AvgIpc) is 2.46. The van der Waals surface area contributed by atoms with Gasteiger partial charge in [-0.15, -0.1) is 0 Å². The Morgan fingerprint density at radius 2 is 1.85 bits per heavy atom. The van der Waals surface area contributed by atoms with E-state index in [0.717, 1.165) is 18.4 Å². The molecule has 5 heteroatoms. The molecule has 1 heterocycles. The van der Waals surface area contributed by atoms with Gasteiger partial charge in [-0.3, -0.25) is 14.9 Å². The predicted molar refractivity (Wildman–Crippen MR) is 75.2 cm³/mol. The summed E-state index contributed by atoms with van der Waals surface area (Å²) in [4.78, 5) is 24.5. The maximum Gasteiger partial charge on any atom is 0.325 e. The molecule has 0 aromatic heterocycles. The molecule has 1 saturated heterocycles. The third-order valence-electron chi connectivity index (χ3n) is 3.72. The van der Waals surface area contributed by atoms with Crippen molar-refractivity contribution in [1.29, 1.82) is 0 Å². The molecule has 1 atom stereocenters. The number of carboxylic acids is 1. The lowest BCUT2D eigenvalue weighted by Gasteiger charge is -2.33. The number of carbonyl (C=O) groups excluding carboxylic acids is 1. The lowest BCUT2D eigenvalue weighted by Crippen LogP contribution is -2.46. The summed E-state index contributed by atoms with van der Waals surface area (Å²) in [5, 5.41) is 12.6. The van der Waals surface area contributed by atoms with Crippen LogP contribution in [0.2, 0.25) is 0 Å². The van der Waals surface area contributed by atoms with Crippen molar-refractivity contribution in [1.82, 2.24) is 10.2 Å². The van der Waals surface area contributed by atoms with E-state index in [4.69, 9.17) is 0 Å². The lowest BCUT2D eigenvalue weighted by atomic mass is 10.0. The van der Waals surface area contributed by atoms with E-state index in [1.54, 1.807) is 11.8 Å². The number of amides is 1.